The molecule has 2 fully saturated rings. The molecule has 2 aliphatic rings. The van der Waals surface area contributed by atoms with Gasteiger partial charge in [0, 0.05) is 45.0 Å². The van der Waals surface area contributed by atoms with Crippen LogP contribution in [0.2, 0.25) is 0 Å². The van der Waals surface area contributed by atoms with E-state index in [1.165, 1.54) is 6.42 Å². The monoisotopic (exact) mass is 332 g/mol. The van der Waals surface area contributed by atoms with Crippen molar-refractivity contribution < 1.29 is 9.53 Å². The fourth-order valence-corrected chi connectivity index (χ4v) is 3.33. The van der Waals surface area contributed by atoms with Crippen molar-refractivity contribution in [3.05, 3.63) is 23.9 Å². The average molecular weight is 332 g/mol. The van der Waals surface area contributed by atoms with Crippen LogP contribution in [0.5, 0.6) is 5.88 Å². The third-order valence-electron chi connectivity index (χ3n) is 4.71. The summed E-state index contributed by atoms with van der Waals surface area (Å²) in [5, 5.41) is 3.41. The summed E-state index contributed by atoms with van der Waals surface area (Å²) in [4.78, 5) is 21.6. The second-order valence-corrected chi connectivity index (χ2v) is 7.04. The van der Waals surface area contributed by atoms with Crippen LogP contribution in [0.3, 0.4) is 0 Å². The number of hydrogen-bond acceptors (Lipinski definition) is 5. The lowest BCUT2D eigenvalue weighted by atomic mass is 10.1. The molecule has 3 heterocycles. The molecule has 1 aromatic heterocycles. The van der Waals surface area contributed by atoms with Gasteiger partial charge in [0.1, 0.15) is 5.56 Å². The lowest BCUT2D eigenvalue weighted by molar-refractivity contribution is 0.0578. The first kappa shape index (κ1) is 17.2. The van der Waals surface area contributed by atoms with Crippen molar-refractivity contribution in [2.45, 2.75) is 26.3 Å². The molecule has 1 aromatic rings. The predicted octanol–water partition coefficient (Wildman–Crippen LogP) is 1.24. The molecule has 24 heavy (non-hydrogen) atoms. The van der Waals surface area contributed by atoms with Crippen LogP contribution < -0.4 is 10.1 Å². The second-order valence-electron chi connectivity index (χ2n) is 7.04. The third-order valence-corrected chi connectivity index (χ3v) is 4.71. The Hall–Kier alpha value is -1.66. The summed E-state index contributed by atoms with van der Waals surface area (Å²) in [5.41, 5.74) is 0.578. The van der Waals surface area contributed by atoms with Crippen molar-refractivity contribution in [2.24, 2.45) is 5.92 Å². The highest BCUT2D eigenvalue weighted by atomic mass is 16.5. The lowest BCUT2D eigenvalue weighted by Gasteiger charge is -2.37. The number of aromatic nitrogens is 1. The molecular formula is C18H28N4O2. The zero-order chi connectivity index (χ0) is 16.9. The van der Waals surface area contributed by atoms with Gasteiger partial charge in [0.2, 0.25) is 5.88 Å². The SMILES string of the molecule is CC(C)COc1ncccc1C(=O)N1CCN(C2CCNC2)CC1. The van der Waals surface area contributed by atoms with Gasteiger partial charge >= 0.3 is 0 Å². The first-order valence-electron chi connectivity index (χ1n) is 8.97. The molecule has 1 atom stereocenters. The summed E-state index contributed by atoms with van der Waals surface area (Å²) in [6.45, 7) is 10.4. The Morgan fingerprint density at radius 3 is 2.83 bits per heavy atom. The van der Waals surface area contributed by atoms with E-state index in [0.29, 0.717) is 30.0 Å². The molecule has 0 aliphatic carbocycles. The molecular weight excluding hydrogens is 304 g/mol. The van der Waals surface area contributed by atoms with E-state index in [2.05, 4.69) is 29.0 Å². The Kier molecular flexibility index (Phi) is 5.68. The summed E-state index contributed by atoms with van der Waals surface area (Å²) in [6.07, 6.45) is 2.89. The van der Waals surface area contributed by atoms with E-state index in [0.717, 1.165) is 39.3 Å². The molecule has 2 aliphatic heterocycles. The number of nitrogens with zero attached hydrogens (tertiary/aromatic N) is 3. The predicted molar refractivity (Wildman–Crippen MR) is 93.3 cm³/mol. The molecule has 0 bridgehead atoms. The van der Waals surface area contributed by atoms with Crippen LogP contribution in [0.15, 0.2) is 18.3 Å². The number of amides is 1. The Balaban J connectivity index is 1.60. The number of pyridine rings is 1. The summed E-state index contributed by atoms with van der Waals surface area (Å²) in [7, 11) is 0. The zero-order valence-electron chi connectivity index (χ0n) is 14.7. The third kappa shape index (κ3) is 4.05. The minimum Gasteiger partial charge on any atom is -0.477 e. The molecule has 3 rings (SSSR count). The number of carbonyl (C=O) groups is 1. The highest BCUT2D eigenvalue weighted by Crippen LogP contribution is 2.19. The van der Waals surface area contributed by atoms with E-state index in [1.807, 2.05) is 11.0 Å². The molecule has 6 heteroatoms. The van der Waals surface area contributed by atoms with Gasteiger partial charge in [-0.15, -0.1) is 0 Å². The van der Waals surface area contributed by atoms with Gasteiger partial charge in [0.15, 0.2) is 0 Å². The van der Waals surface area contributed by atoms with Crippen molar-refractivity contribution in [3.8, 4) is 5.88 Å². The maximum absolute atomic E-state index is 12.9. The highest BCUT2D eigenvalue weighted by Gasteiger charge is 2.29. The highest BCUT2D eigenvalue weighted by molar-refractivity contribution is 5.96. The molecule has 0 spiro atoms. The molecule has 1 unspecified atom stereocenters. The normalized spacial score (nSPS) is 22.1. The minimum absolute atomic E-state index is 0.0334. The van der Waals surface area contributed by atoms with Crippen molar-refractivity contribution in [1.82, 2.24) is 20.1 Å². The van der Waals surface area contributed by atoms with Crippen LogP contribution in [-0.2, 0) is 0 Å². The van der Waals surface area contributed by atoms with Crippen LogP contribution in [0.1, 0.15) is 30.6 Å². The topological polar surface area (TPSA) is 57.7 Å². The van der Waals surface area contributed by atoms with Gasteiger partial charge in [-0.1, -0.05) is 13.8 Å². The van der Waals surface area contributed by atoms with Gasteiger partial charge < -0.3 is 15.0 Å². The largest absolute Gasteiger partial charge is 0.477 e. The lowest BCUT2D eigenvalue weighted by Crippen LogP contribution is -2.52. The Morgan fingerprint density at radius 1 is 1.38 bits per heavy atom. The van der Waals surface area contributed by atoms with Gasteiger partial charge in [-0.2, -0.15) is 0 Å². The van der Waals surface area contributed by atoms with E-state index in [-0.39, 0.29) is 5.91 Å². The maximum Gasteiger partial charge on any atom is 0.259 e. The molecule has 1 N–H and O–H groups in total. The summed E-state index contributed by atoms with van der Waals surface area (Å²) >= 11 is 0. The van der Waals surface area contributed by atoms with Crippen molar-refractivity contribution in [2.75, 3.05) is 45.9 Å². The number of ether oxygens (including phenoxy) is 1. The smallest absolute Gasteiger partial charge is 0.259 e. The fourth-order valence-electron chi connectivity index (χ4n) is 3.33. The van der Waals surface area contributed by atoms with E-state index in [4.69, 9.17) is 4.74 Å². The minimum atomic E-state index is 0.0334. The molecule has 0 radical (unpaired) electrons. The number of nitrogens with one attached hydrogen (secondary N) is 1. The average Bonchev–Trinajstić information content (AvgIpc) is 3.14. The number of piperazine rings is 1. The van der Waals surface area contributed by atoms with Gasteiger partial charge in [-0.3, -0.25) is 9.69 Å². The Morgan fingerprint density at radius 2 is 2.17 bits per heavy atom. The molecule has 1 amide bonds. The van der Waals surface area contributed by atoms with Crippen LogP contribution >= 0.6 is 0 Å². The van der Waals surface area contributed by atoms with Crippen molar-refractivity contribution >= 4 is 5.91 Å². The molecule has 2 saturated heterocycles. The maximum atomic E-state index is 12.9. The van der Waals surface area contributed by atoms with Gasteiger partial charge in [-0.05, 0) is 31.0 Å². The first-order valence-corrected chi connectivity index (χ1v) is 8.97. The Bertz CT molecular complexity index is 550. The van der Waals surface area contributed by atoms with Gasteiger partial charge in [0.05, 0.1) is 6.61 Å². The van der Waals surface area contributed by atoms with Gasteiger partial charge in [0.25, 0.3) is 5.91 Å². The van der Waals surface area contributed by atoms with Gasteiger partial charge in [-0.25, -0.2) is 4.98 Å². The fraction of sp³-hybridized carbons (Fsp3) is 0.667. The number of hydrogen-bond donors (Lipinski definition) is 1. The summed E-state index contributed by atoms with van der Waals surface area (Å²) < 4.78 is 5.74. The molecule has 0 aromatic carbocycles. The van der Waals surface area contributed by atoms with Crippen molar-refractivity contribution in [3.63, 3.8) is 0 Å². The molecule has 6 nitrogen and oxygen atoms in total. The van der Waals surface area contributed by atoms with E-state index >= 15 is 0 Å². The van der Waals surface area contributed by atoms with Crippen molar-refractivity contribution in [1.29, 1.82) is 0 Å². The van der Waals surface area contributed by atoms with E-state index in [9.17, 15) is 4.79 Å². The molecule has 0 saturated carbocycles. The first-order chi connectivity index (χ1) is 11.6. The van der Waals surface area contributed by atoms with Crippen LogP contribution in [0.4, 0.5) is 0 Å². The number of rotatable bonds is 5. The standard InChI is InChI=1S/C18H28N4O2/c1-14(2)13-24-17-16(4-3-6-20-17)18(23)22-10-8-21(9-11-22)15-5-7-19-12-15/h3-4,6,14-15,19H,5,7-13H2,1-2H3. The zero-order valence-corrected chi connectivity index (χ0v) is 14.7. The van der Waals surface area contributed by atoms with Crippen LogP contribution in [0.25, 0.3) is 0 Å². The Labute approximate surface area is 144 Å². The molecule has 132 valence electrons. The summed E-state index contributed by atoms with van der Waals surface area (Å²) in [5.74, 6) is 0.892. The van der Waals surface area contributed by atoms with Crippen LogP contribution in [0, 0.1) is 5.92 Å². The summed E-state index contributed by atoms with van der Waals surface area (Å²) in [6, 6.07) is 4.25. The number of carbonyl (C=O) groups excluding carboxylic acids is 1. The van der Waals surface area contributed by atoms with E-state index < -0.39 is 0 Å². The van der Waals surface area contributed by atoms with E-state index in [1.54, 1.807) is 12.3 Å². The second kappa shape index (κ2) is 7.94. The van der Waals surface area contributed by atoms with Crippen LogP contribution in [-0.4, -0.2) is 72.6 Å². The quantitative estimate of drug-likeness (QED) is 0.879.